The summed E-state index contributed by atoms with van der Waals surface area (Å²) in [5, 5.41) is 13.6. The number of hydrogen-bond donors (Lipinski definition) is 4. The fraction of sp³-hybridized carbons (Fsp3) is 0.333. The SMILES string of the molecule is Cc1ccc(NC(=O)C2(NC(=O)NCc3ccccc3)CCCC2)cc1S(N)(=O)=O. The molecule has 0 saturated heterocycles. The smallest absolute Gasteiger partial charge is 0.315 e. The molecule has 160 valence electrons. The van der Waals surface area contributed by atoms with E-state index in [4.69, 9.17) is 5.14 Å². The summed E-state index contributed by atoms with van der Waals surface area (Å²) >= 11 is 0. The van der Waals surface area contributed by atoms with Crippen LogP contribution in [-0.4, -0.2) is 25.9 Å². The minimum atomic E-state index is -3.91. The number of anilines is 1. The zero-order chi connectivity index (χ0) is 21.8. The van der Waals surface area contributed by atoms with Crippen molar-refractivity contribution in [3.05, 3.63) is 59.7 Å². The summed E-state index contributed by atoms with van der Waals surface area (Å²) < 4.78 is 23.5. The first-order chi connectivity index (χ1) is 14.2. The molecule has 2 aromatic rings. The number of primary sulfonamides is 1. The molecule has 5 N–H and O–H groups in total. The number of amides is 3. The van der Waals surface area contributed by atoms with Crippen LogP contribution >= 0.6 is 0 Å². The highest BCUT2D eigenvalue weighted by molar-refractivity contribution is 7.89. The zero-order valence-corrected chi connectivity index (χ0v) is 17.6. The van der Waals surface area contributed by atoms with Crippen LogP contribution in [0, 0.1) is 6.92 Å². The monoisotopic (exact) mass is 430 g/mol. The highest BCUT2D eigenvalue weighted by Gasteiger charge is 2.42. The number of nitrogens with two attached hydrogens (primary N) is 1. The molecular weight excluding hydrogens is 404 g/mol. The molecular formula is C21H26N4O4S. The predicted molar refractivity (Wildman–Crippen MR) is 114 cm³/mol. The van der Waals surface area contributed by atoms with Crippen LogP contribution in [0.1, 0.15) is 36.8 Å². The lowest BCUT2D eigenvalue weighted by Gasteiger charge is -2.29. The van der Waals surface area contributed by atoms with E-state index in [-0.39, 0.29) is 10.8 Å². The van der Waals surface area contributed by atoms with Crippen LogP contribution in [-0.2, 0) is 21.4 Å². The van der Waals surface area contributed by atoms with Gasteiger partial charge in [0.25, 0.3) is 0 Å². The highest BCUT2D eigenvalue weighted by Crippen LogP contribution is 2.31. The van der Waals surface area contributed by atoms with E-state index in [1.165, 1.54) is 6.07 Å². The number of rotatable bonds is 6. The summed E-state index contributed by atoms with van der Waals surface area (Å²) in [7, 11) is -3.91. The molecule has 0 aliphatic heterocycles. The number of hydrogen-bond acceptors (Lipinski definition) is 4. The van der Waals surface area contributed by atoms with E-state index >= 15 is 0 Å². The maximum atomic E-state index is 13.1. The summed E-state index contributed by atoms with van der Waals surface area (Å²) in [6, 6.07) is 13.6. The van der Waals surface area contributed by atoms with Gasteiger partial charge in [-0.2, -0.15) is 0 Å². The number of carbonyl (C=O) groups excluding carboxylic acids is 2. The second-order valence-electron chi connectivity index (χ2n) is 7.56. The third-order valence-electron chi connectivity index (χ3n) is 5.29. The molecule has 0 unspecified atom stereocenters. The second-order valence-corrected chi connectivity index (χ2v) is 9.09. The van der Waals surface area contributed by atoms with E-state index in [0.717, 1.165) is 18.4 Å². The number of nitrogens with one attached hydrogen (secondary N) is 3. The van der Waals surface area contributed by atoms with Gasteiger partial charge in [-0.1, -0.05) is 49.2 Å². The highest BCUT2D eigenvalue weighted by atomic mass is 32.2. The quantitative estimate of drug-likeness (QED) is 0.560. The molecule has 1 fully saturated rings. The van der Waals surface area contributed by atoms with Crippen LogP contribution in [0.2, 0.25) is 0 Å². The maximum Gasteiger partial charge on any atom is 0.315 e. The van der Waals surface area contributed by atoms with E-state index < -0.39 is 21.6 Å². The van der Waals surface area contributed by atoms with E-state index in [1.807, 2.05) is 30.3 Å². The van der Waals surface area contributed by atoms with Crippen molar-refractivity contribution in [2.45, 2.75) is 49.6 Å². The lowest BCUT2D eigenvalue weighted by atomic mass is 9.96. The molecule has 3 amide bonds. The van der Waals surface area contributed by atoms with Gasteiger partial charge in [-0.05, 0) is 43.0 Å². The molecule has 0 heterocycles. The van der Waals surface area contributed by atoms with Crippen molar-refractivity contribution in [3.8, 4) is 0 Å². The summed E-state index contributed by atoms with van der Waals surface area (Å²) in [4.78, 5) is 25.5. The van der Waals surface area contributed by atoms with Crippen molar-refractivity contribution in [2.24, 2.45) is 5.14 Å². The fourth-order valence-corrected chi connectivity index (χ4v) is 4.47. The van der Waals surface area contributed by atoms with Gasteiger partial charge in [0.2, 0.25) is 15.9 Å². The summed E-state index contributed by atoms with van der Waals surface area (Å²) in [5.41, 5.74) is 0.706. The fourth-order valence-electron chi connectivity index (χ4n) is 3.66. The van der Waals surface area contributed by atoms with Gasteiger partial charge in [0, 0.05) is 12.2 Å². The molecule has 0 aromatic heterocycles. The first kappa shape index (κ1) is 21.8. The van der Waals surface area contributed by atoms with Crippen molar-refractivity contribution < 1.29 is 18.0 Å². The minimum Gasteiger partial charge on any atom is -0.334 e. The van der Waals surface area contributed by atoms with E-state index in [1.54, 1.807) is 19.1 Å². The Hall–Kier alpha value is -2.91. The van der Waals surface area contributed by atoms with Gasteiger partial charge in [0.1, 0.15) is 5.54 Å². The van der Waals surface area contributed by atoms with Gasteiger partial charge < -0.3 is 16.0 Å². The van der Waals surface area contributed by atoms with Gasteiger partial charge in [-0.15, -0.1) is 0 Å². The average Bonchev–Trinajstić information content (AvgIpc) is 3.17. The average molecular weight is 431 g/mol. The van der Waals surface area contributed by atoms with Gasteiger partial charge in [-0.25, -0.2) is 18.4 Å². The molecule has 1 aliphatic carbocycles. The van der Waals surface area contributed by atoms with E-state index in [9.17, 15) is 18.0 Å². The molecule has 1 aliphatic rings. The van der Waals surface area contributed by atoms with Crippen molar-refractivity contribution in [3.63, 3.8) is 0 Å². The Labute approximate surface area is 176 Å². The predicted octanol–water partition coefficient (Wildman–Crippen LogP) is 2.39. The van der Waals surface area contributed by atoms with Crippen molar-refractivity contribution in [1.82, 2.24) is 10.6 Å². The Kier molecular flexibility index (Phi) is 6.42. The Morgan fingerprint density at radius 3 is 2.37 bits per heavy atom. The number of carbonyl (C=O) groups is 2. The minimum absolute atomic E-state index is 0.0469. The molecule has 0 radical (unpaired) electrons. The first-order valence-electron chi connectivity index (χ1n) is 9.74. The lowest BCUT2D eigenvalue weighted by molar-refractivity contribution is -0.121. The molecule has 0 bridgehead atoms. The van der Waals surface area contributed by atoms with Crippen molar-refractivity contribution in [2.75, 3.05) is 5.32 Å². The topological polar surface area (TPSA) is 130 Å². The summed E-state index contributed by atoms with van der Waals surface area (Å²) in [6.45, 7) is 1.97. The van der Waals surface area contributed by atoms with Gasteiger partial charge in [-0.3, -0.25) is 4.79 Å². The van der Waals surface area contributed by atoms with Crippen LogP contribution < -0.4 is 21.1 Å². The normalized spacial score (nSPS) is 15.4. The van der Waals surface area contributed by atoms with Crippen molar-refractivity contribution in [1.29, 1.82) is 0 Å². The number of benzene rings is 2. The van der Waals surface area contributed by atoms with E-state index in [2.05, 4.69) is 16.0 Å². The van der Waals surface area contributed by atoms with Crippen LogP contribution in [0.15, 0.2) is 53.4 Å². The molecule has 9 heteroatoms. The third kappa shape index (κ3) is 5.17. The first-order valence-corrected chi connectivity index (χ1v) is 11.3. The Bertz CT molecular complexity index is 1030. The molecule has 0 atom stereocenters. The van der Waals surface area contributed by atoms with Crippen LogP contribution in [0.25, 0.3) is 0 Å². The molecule has 3 rings (SSSR count). The Morgan fingerprint density at radius 1 is 1.07 bits per heavy atom. The molecule has 0 spiro atoms. The summed E-state index contributed by atoms with van der Waals surface area (Å²) in [5.74, 6) is -0.376. The molecule has 8 nitrogen and oxygen atoms in total. The van der Waals surface area contributed by atoms with Gasteiger partial charge in [0.05, 0.1) is 4.90 Å². The molecule has 2 aromatic carbocycles. The maximum absolute atomic E-state index is 13.1. The third-order valence-corrected chi connectivity index (χ3v) is 6.35. The van der Waals surface area contributed by atoms with Crippen molar-refractivity contribution >= 4 is 27.6 Å². The van der Waals surface area contributed by atoms with Gasteiger partial charge in [0.15, 0.2) is 0 Å². The van der Waals surface area contributed by atoms with Crippen LogP contribution in [0.3, 0.4) is 0 Å². The molecule has 1 saturated carbocycles. The van der Waals surface area contributed by atoms with Crippen LogP contribution in [0.5, 0.6) is 0 Å². The second kappa shape index (κ2) is 8.85. The standard InChI is InChI=1S/C21H26N4O4S/c1-15-9-10-17(13-18(15)30(22,28)29)24-19(26)21(11-5-6-12-21)25-20(27)23-14-16-7-3-2-4-8-16/h2-4,7-10,13H,5-6,11-12,14H2,1H3,(H,24,26)(H2,22,28,29)(H2,23,25,27). The van der Waals surface area contributed by atoms with Crippen LogP contribution in [0.4, 0.5) is 10.5 Å². The Balaban J connectivity index is 1.71. The number of urea groups is 1. The van der Waals surface area contributed by atoms with Gasteiger partial charge >= 0.3 is 6.03 Å². The number of aryl methyl sites for hydroxylation is 1. The molecule has 30 heavy (non-hydrogen) atoms. The largest absolute Gasteiger partial charge is 0.334 e. The number of sulfonamides is 1. The zero-order valence-electron chi connectivity index (χ0n) is 16.8. The summed E-state index contributed by atoms with van der Waals surface area (Å²) in [6.07, 6.45) is 2.63. The lowest BCUT2D eigenvalue weighted by Crippen LogP contribution is -2.57. The Morgan fingerprint density at radius 2 is 1.73 bits per heavy atom. The van der Waals surface area contributed by atoms with E-state index in [0.29, 0.717) is 30.6 Å².